The number of nitrogens with one attached hydrogen (secondary N) is 1. The van der Waals surface area contributed by atoms with Gasteiger partial charge in [-0.05, 0) is 31.2 Å². The van der Waals surface area contributed by atoms with Gasteiger partial charge in [-0.1, -0.05) is 47.5 Å². The van der Waals surface area contributed by atoms with Gasteiger partial charge in [-0.25, -0.2) is 4.98 Å². The highest BCUT2D eigenvalue weighted by Gasteiger charge is 2.37. The van der Waals surface area contributed by atoms with Crippen molar-refractivity contribution in [2.45, 2.75) is 78.2 Å². The summed E-state index contributed by atoms with van der Waals surface area (Å²) in [5, 5.41) is 7.13. The first-order valence-electron chi connectivity index (χ1n) is 8.36. The standard InChI is InChI=1S/C18H32N2S/c1-17(2,3)15-12-21-16(20-15)11-14(19-6)13-9-7-8-10-18(13,4)5/h12-14,19H,7-11H2,1-6H3. The zero-order valence-electron chi connectivity index (χ0n) is 14.6. The van der Waals surface area contributed by atoms with Crippen molar-refractivity contribution >= 4 is 11.3 Å². The summed E-state index contributed by atoms with van der Waals surface area (Å²) < 4.78 is 0. The van der Waals surface area contributed by atoms with Crippen LogP contribution in [0.5, 0.6) is 0 Å². The van der Waals surface area contributed by atoms with Crippen molar-refractivity contribution in [1.82, 2.24) is 10.3 Å². The highest BCUT2D eigenvalue weighted by atomic mass is 32.1. The fraction of sp³-hybridized carbons (Fsp3) is 0.833. The van der Waals surface area contributed by atoms with Gasteiger partial charge in [0.2, 0.25) is 0 Å². The molecular formula is C18H32N2S. The molecule has 1 fully saturated rings. The lowest BCUT2D eigenvalue weighted by Crippen LogP contribution is -2.44. The van der Waals surface area contributed by atoms with Gasteiger partial charge in [0.25, 0.3) is 0 Å². The maximum atomic E-state index is 4.89. The van der Waals surface area contributed by atoms with Crippen molar-refractivity contribution in [2.24, 2.45) is 11.3 Å². The summed E-state index contributed by atoms with van der Waals surface area (Å²) in [4.78, 5) is 4.89. The van der Waals surface area contributed by atoms with Gasteiger partial charge in [0.05, 0.1) is 10.7 Å². The molecule has 0 saturated heterocycles. The lowest BCUT2D eigenvalue weighted by atomic mass is 9.65. The first-order chi connectivity index (χ1) is 9.74. The maximum Gasteiger partial charge on any atom is 0.0944 e. The van der Waals surface area contributed by atoms with E-state index in [1.54, 1.807) is 0 Å². The number of thiazole rings is 1. The molecule has 0 aromatic carbocycles. The molecule has 1 heterocycles. The minimum atomic E-state index is 0.161. The molecule has 2 rings (SSSR count). The zero-order chi connectivity index (χ0) is 15.7. The fourth-order valence-electron chi connectivity index (χ4n) is 3.65. The number of aromatic nitrogens is 1. The molecule has 120 valence electrons. The van der Waals surface area contributed by atoms with Gasteiger partial charge in [0, 0.05) is 23.3 Å². The van der Waals surface area contributed by atoms with Gasteiger partial charge in [-0.15, -0.1) is 11.3 Å². The Morgan fingerprint density at radius 3 is 2.62 bits per heavy atom. The number of hydrogen-bond donors (Lipinski definition) is 1. The van der Waals surface area contributed by atoms with Gasteiger partial charge in [0.15, 0.2) is 0 Å². The Hall–Kier alpha value is -0.410. The monoisotopic (exact) mass is 308 g/mol. The van der Waals surface area contributed by atoms with E-state index in [1.807, 2.05) is 11.3 Å². The molecule has 2 unspecified atom stereocenters. The summed E-state index contributed by atoms with van der Waals surface area (Å²) in [6.45, 7) is 11.6. The van der Waals surface area contributed by atoms with Crippen LogP contribution in [-0.4, -0.2) is 18.1 Å². The third kappa shape index (κ3) is 4.07. The Kier molecular flexibility index (Phi) is 5.15. The van der Waals surface area contributed by atoms with Crippen molar-refractivity contribution < 1.29 is 0 Å². The highest BCUT2D eigenvalue weighted by Crippen LogP contribution is 2.43. The van der Waals surface area contributed by atoms with E-state index in [1.165, 1.54) is 36.4 Å². The number of nitrogens with zero attached hydrogens (tertiary/aromatic N) is 1. The van der Waals surface area contributed by atoms with E-state index in [9.17, 15) is 0 Å². The normalized spacial score (nSPS) is 24.0. The molecule has 0 radical (unpaired) electrons. The number of rotatable bonds is 4. The van der Waals surface area contributed by atoms with E-state index < -0.39 is 0 Å². The third-order valence-electron chi connectivity index (χ3n) is 5.16. The lowest BCUT2D eigenvalue weighted by molar-refractivity contribution is 0.101. The first kappa shape index (κ1) is 17.0. The Balaban J connectivity index is 2.10. The summed E-state index contributed by atoms with van der Waals surface area (Å²) in [5.41, 5.74) is 1.85. The molecular weight excluding hydrogens is 276 g/mol. The van der Waals surface area contributed by atoms with Crippen molar-refractivity contribution in [2.75, 3.05) is 7.05 Å². The SMILES string of the molecule is CNC(Cc1nc(C(C)(C)C)cs1)C1CCCCC1(C)C. The quantitative estimate of drug-likeness (QED) is 0.865. The molecule has 3 heteroatoms. The smallest absolute Gasteiger partial charge is 0.0944 e. The molecule has 0 aliphatic heterocycles. The molecule has 0 amide bonds. The Morgan fingerprint density at radius 1 is 1.38 bits per heavy atom. The van der Waals surface area contributed by atoms with Crippen molar-refractivity contribution in [3.63, 3.8) is 0 Å². The largest absolute Gasteiger partial charge is 0.316 e. The van der Waals surface area contributed by atoms with Crippen LogP contribution in [0.15, 0.2) is 5.38 Å². The summed E-state index contributed by atoms with van der Waals surface area (Å²) in [5.74, 6) is 0.762. The molecule has 1 aliphatic carbocycles. The van der Waals surface area contributed by atoms with E-state index in [0.717, 1.165) is 12.3 Å². The molecule has 21 heavy (non-hydrogen) atoms. The highest BCUT2D eigenvalue weighted by molar-refractivity contribution is 7.09. The third-order valence-corrected chi connectivity index (χ3v) is 6.03. The Bertz CT molecular complexity index is 456. The van der Waals surface area contributed by atoms with E-state index >= 15 is 0 Å². The summed E-state index contributed by atoms with van der Waals surface area (Å²) >= 11 is 1.83. The zero-order valence-corrected chi connectivity index (χ0v) is 15.4. The predicted octanol–water partition coefficient (Wildman–Crippen LogP) is 4.79. The van der Waals surface area contributed by atoms with E-state index in [2.05, 4.69) is 52.4 Å². The van der Waals surface area contributed by atoms with E-state index in [-0.39, 0.29) is 5.41 Å². The Labute approximate surface area is 134 Å². The minimum absolute atomic E-state index is 0.161. The molecule has 0 spiro atoms. The van der Waals surface area contributed by atoms with E-state index in [0.29, 0.717) is 11.5 Å². The van der Waals surface area contributed by atoms with Crippen LogP contribution < -0.4 is 5.32 Å². The molecule has 1 aromatic heterocycles. The molecule has 2 atom stereocenters. The maximum absolute atomic E-state index is 4.89. The average Bonchev–Trinajstić information content (AvgIpc) is 2.84. The van der Waals surface area contributed by atoms with Crippen molar-refractivity contribution in [3.8, 4) is 0 Å². The second-order valence-corrected chi connectivity index (χ2v) is 9.26. The summed E-state index contributed by atoms with van der Waals surface area (Å²) in [6, 6.07) is 0.555. The van der Waals surface area contributed by atoms with Gasteiger partial charge in [-0.3, -0.25) is 0 Å². The van der Waals surface area contributed by atoms with Crippen LogP contribution in [0.4, 0.5) is 0 Å². The van der Waals surface area contributed by atoms with Gasteiger partial charge < -0.3 is 5.32 Å². The predicted molar refractivity (Wildman–Crippen MR) is 93.1 cm³/mol. The van der Waals surface area contributed by atoms with Crippen LogP contribution in [0.2, 0.25) is 0 Å². The molecule has 1 saturated carbocycles. The van der Waals surface area contributed by atoms with Gasteiger partial charge >= 0.3 is 0 Å². The van der Waals surface area contributed by atoms with Gasteiger partial charge in [-0.2, -0.15) is 0 Å². The lowest BCUT2D eigenvalue weighted by Gasteiger charge is -2.43. The Morgan fingerprint density at radius 2 is 2.10 bits per heavy atom. The van der Waals surface area contributed by atoms with Crippen LogP contribution in [0.25, 0.3) is 0 Å². The molecule has 1 N–H and O–H groups in total. The topological polar surface area (TPSA) is 24.9 Å². The number of likely N-dealkylation sites (N-methyl/N-ethyl adjacent to an activating group) is 1. The second-order valence-electron chi connectivity index (χ2n) is 8.32. The first-order valence-corrected chi connectivity index (χ1v) is 9.24. The summed E-state index contributed by atoms with van der Waals surface area (Å²) in [6.07, 6.45) is 6.57. The molecule has 1 aromatic rings. The minimum Gasteiger partial charge on any atom is -0.316 e. The van der Waals surface area contributed by atoms with Crippen LogP contribution in [0.3, 0.4) is 0 Å². The number of hydrogen-bond acceptors (Lipinski definition) is 3. The fourth-order valence-corrected chi connectivity index (χ4v) is 4.73. The summed E-state index contributed by atoms with van der Waals surface area (Å²) in [7, 11) is 2.12. The van der Waals surface area contributed by atoms with Crippen molar-refractivity contribution in [1.29, 1.82) is 0 Å². The van der Waals surface area contributed by atoms with Gasteiger partial charge in [0.1, 0.15) is 0 Å². The average molecular weight is 309 g/mol. The van der Waals surface area contributed by atoms with Crippen LogP contribution in [0.1, 0.15) is 71.0 Å². The van der Waals surface area contributed by atoms with Crippen molar-refractivity contribution in [3.05, 3.63) is 16.1 Å². The van der Waals surface area contributed by atoms with E-state index in [4.69, 9.17) is 4.98 Å². The second kappa shape index (κ2) is 6.37. The van der Waals surface area contributed by atoms with Crippen LogP contribution >= 0.6 is 11.3 Å². The van der Waals surface area contributed by atoms with Crippen LogP contribution in [0, 0.1) is 11.3 Å². The molecule has 1 aliphatic rings. The van der Waals surface area contributed by atoms with Crippen LogP contribution in [-0.2, 0) is 11.8 Å². The molecule has 0 bridgehead atoms. The molecule has 2 nitrogen and oxygen atoms in total.